The summed E-state index contributed by atoms with van der Waals surface area (Å²) in [4.78, 5) is 19.3. The molecule has 160 valence electrons. The molecule has 2 aromatic rings. The lowest BCUT2D eigenvalue weighted by atomic mass is 9.97. The summed E-state index contributed by atoms with van der Waals surface area (Å²) in [6.07, 6.45) is 0. The van der Waals surface area contributed by atoms with Crippen molar-refractivity contribution in [2.75, 3.05) is 53.0 Å². The van der Waals surface area contributed by atoms with Gasteiger partial charge in [-0.25, -0.2) is 0 Å². The topological polar surface area (TPSA) is 75.2 Å². The molecule has 1 aliphatic heterocycles. The lowest BCUT2D eigenvalue weighted by molar-refractivity contribution is -0.136. The summed E-state index contributed by atoms with van der Waals surface area (Å²) in [5.74, 6) is 1.30. The maximum Gasteiger partial charge on any atom is 0.232 e. The Labute approximate surface area is 178 Å². The fourth-order valence-electron chi connectivity index (χ4n) is 3.31. The third kappa shape index (κ3) is 6.49. The normalized spacial score (nSPS) is 15.4. The van der Waals surface area contributed by atoms with Gasteiger partial charge in [0.1, 0.15) is 12.4 Å². The number of hydrogen-bond donors (Lipinski definition) is 2. The lowest BCUT2D eigenvalue weighted by Crippen LogP contribution is -2.47. The van der Waals surface area contributed by atoms with Gasteiger partial charge in [-0.15, -0.1) is 0 Å². The van der Waals surface area contributed by atoms with E-state index in [9.17, 15) is 4.79 Å². The molecule has 1 heterocycles. The number of morpholine rings is 1. The molecule has 0 spiro atoms. The van der Waals surface area contributed by atoms with Crippen molar-refractivity contribution in [1.29, 1.82) is 0 Å². The van der Waals surface area contributed by atoms with Crippen molar-refractivity contribution >= 4 is 11.9 Å². The van der Waals surface area contributed by atoms with Gasteiger partial charge < -0.3 is 25.0 Å². The van der Waals surface area contributed by atoms with Crippen LogP contribution in [0.2, 0.25) is 0 Å². The number of para-hydroxylation sites is 1. The minimum atomic E-state index is -0.289. The first kappa shape index (κ1) is 21.6. The Kier molecular flexibility index (Phi) is 8.53. The van der Waals surface area contributed by atoms with Crippen LogP contribution in [0, 0.1) is 0 Å². The molecule has 1 atom stereocenters. The summed E-state index contributed by atoms with van der Waals surface area (Å²) in [6, 6.07) is 19.6. The summed E-state index contributed by atoms with van der Waals surface area (Å²) < 4.78 is 11.1. The molecule has 0 saturated carbocycles. The zero-order chi connectivity index (χ0) is 21.0. The summed E-state index contributed by atoms with van der Waals surface area (Å²) in [5, 5.41) is 6.53. The van der Waals surface area contributed by atoms with Crippen molar-refractivity contribution in [3.05, 3.63) is 66.2 Å². The van der Waals surface area contributed by atoms with E-state index in [1.165, 1.54) is 0 Å². The van der Waals surface area contributed by atoms with Crippen LogP contribution >= 0.6 is 0 Å². The Hall–Kier alpha value is -3.06. The number of hydrogen-bond acceptors (Lipinski definition) is 4. The number of ether oxygens (including phenoxy) is 2. The zero-order valence-electron chi connectivity index (χ0n) is 17.4. The van der Waals surface area contributed by atoms with Gasteiger partial charge >= 0.3 is 0 Å². The largest absolute Gasteiger partial charge is 0.492 e. The molecule has 1 unspecified atom stereocenters. The molecule has 1 amide bonds. The van der Waals surface area contributed by atoms with E-state index in [2.05, 4.69) is 15.6 Å². The molecule has 1 saturated heterocycles. The summed E-state index contributed by atoms with van der Waals surface area (Å²) in [5.41, 5.74) is 0.990. The second kappa shape index (κ2) is 11.8. The molecule has 1 aliphatic rings. The average Bonchev–Trinajstić information content (AvgIpc) is 2.82. The fraction of sp³-hybridized carbons (Fsp3) is 0.391. The molecule has 0 bridgehead atoms. The second-order valence-corrected chi connectivity index (χ2v) is 6.94. The van der Waals surface area contributed by atoms with Crippen molar-refractivity contribution < 1.29 is 14.3 Å². The predicted molar refractivity (Wildman–Crippen MR) is 118 cm³/mol. The highest BCUT2D eigenvalue weighted by molar-refractivity contribution is 5.86. The Morgan fingerprint density at radius 3 is 2.40 bits per heavy atom. The molecular formula is C23H30N4O3. The van der Waals surface area contributed by atoms with Gasteiger partial charge in [0.25, 0.3) is 0 Å². The highest BCUT2D eigenvalue weighted by atomic mass is 16.5. The first-order valence-corrected chi connectivity index (χ1v) is 10.3. The summed E-state index contributed by atoms with van der Waals surface area (Å²) in [7, 11) is 1.72. The number of rotatable bonds is 8. The van der Waals surface area contributed by atoms with E-state index in [0.29, 0.717) is 52.0 Å². The SMILES string of the molecule is CN=C(NCCOc1ccccc1)NCC(C(=O)N1CCOCC1)c1ccccc1. The highest BCUT2D eigenvalue weighted by Crippen LogP contribution is 2.18. The van der Waals surface area contributed by atoms with Crippen LogP contribution < -0.4 is 15.4 Å². The molecule has 0 aromatic heterocycles. The van der Waals surface area contributed by atoms with Crippen LogP contribution in [0.5, 0.6) is 5.75 Å². The van der Waals surface area contributed by atoms with Crippen LogP contribution in [0.15, 0.2) is 65.7 Å². The molecule has 1 fully saturated rings. The van der Waals surface area contributed by atoms with Crippen LogP contribution in [0.3, 0.4) is 0 Å². The van der Waals surface area contributed by atoms with Gasteiger partial charge in [-0.3, -0.25) is 9.79 Å². The van der Waals surface area contributed by atoms with Gasteiger partial charge in [0.2, 0.25) is 5.91 Å². The predicted octanol–water partition coefficient (Wildman–Crippen LogP) is 1.87. The van der Waals surface area contributed by atoms with Crippen molar-refractivity contribution in [3.63, 3.8) is 0 Å². The molecule has 3 rings (SSSR count). The van der Waals surface area contributed by atoms with E-state index in [1.807, 2.05) is 65.6 Å². The third-order valence-electron chi connectivity index (χ3n) is 4.93. The molecular weight excluding hydrogens is 380 g/mol. The average molecular weight is 411 g/mol. The van der Waals surface area contributed by atoms with E-state index >= 15 is 0 Å². The Bertz CT molecular complexity index is 793. The fourth-order valence-corrected chi connectivity index (χ4v) is 3.31. The van der Waals surface area contributed by atoms with Crippen molar-refractivity contribution in [2.24, 2.45) is 4.99 Å². The van der Waals surface area contributed by atoms with Crippen molar-refractivity contribution in [3.8, 4) is 5.75 Å². The Morgan fingerprint density at radius 2 is 1.73 bits per heavy atom. The van der Waals surface area contributed by atoms with E-state index < -0.39 is 0 Å². The number of nitrogens with one attached hydrogen (secondary N) is 2. The molecule has 7 heteroatoms. The molecule has 0 radical (unpaired) electrons. The Balaban J connectivity index is 1.53. The van der Waals surface area contributed by atoms with Gasteiger partial charge in [-0.2, -0.15) is 0 Å². The minimum Gasteiger partial charge on any atom is -0.492 e. The first-order chi connectivity index (χ1) is 14.8. The smallest absolute Gasteiger partial charge is 0.232 e. The van der Waals surface area contributed by atoms with Crippen LogP contribution in [0.25, 0.3) is 0 Å². The maximum atomic E-state index is 13.2. The van der Waals surface area contributed by atoms with Gasteiger partial charge in [0, 0.05) is 26.7 Å². The summed E-state index contributed by atoms with van der Waals surface area (Å²) in [6.45, 7) is 4.01. The van der Waals surface area contributed by atoms with Gasteiger partial charge in [0.05, 0.1) is 25.7 Å². The number of aliphatic imine (C=N–C) groups is 1. The molecule has 2 N–H and O–H groups in total. The number of carbonyl (C=O) groups excluding carboxylic acids is 1. The van der Waals surface area contributed by atoms with Crippen molar-refractivity contribution in [2.45, 2.75) is 5.92 Å². The van der Waals surface area contributed by atoms with Crippen LogP contribution in [-0.2, 0) is 9.53 Å². The number of amides is 1. The van der Waals surface area contributed by atoms with Crippen LogP contribution in [0.4, 0.5) is 0 Å². The molecule has 30 heavy (non-hydrogen) atoms. The van der Waals surface area contributed by atoms with E-state index in [1.54, 1.807) is 7.05 Å². The van der Waals surface area contributed by atoms with E-state index in [4.69, 9.17) is 9.47 Å². The summed E-state index contributed by atoms with van der Waals surface area (Å²) >= 11 is 0. The zero-order valence-corrected chi connectivity index (χ0v) is 17.4. The number of benzene rings is 2. The number of nitrogens with zero attached hydrogens (tertiary/aromatic N) is 2. The quantitative estimate of drug-likeness (QED) is 0.395. The first-order valence-electron chi connectivity index (χ1n) is 10.3. The van der Waals surface area contributed by atoms with Gasteiger partial charge in [-0.1, -0.05) is 48.5 Å². The minimum absolute atomic E-state index is 0.111. The third-order valence-corrected chi connectivity index (χ3v) is 4.93. The van der Waals surface area contributed by atoms with Gasteiger partial charge in [-0.05, 0) is 17.7 Å². The monoisotopic (exact) mass is 410 g/mol. The maximum absolute atomic E-state index is 13.2. The molecule has 7 nitrogen and oxygen atoms in total. The van der Waals surface area contributed by atoms with E-state index in [-0.39, 0.29) is 11.8 Å². The molecule has 0 aliphatic carbocycles. The number of carbonyl (C=O) groups is 1. The number of guanidine groups is 1. The lowest BCUT2D eigenvalue weighted by Gasteiger charge is -2.31. The second-order valence-electron chi connectivity index (χ2n) is 6.94. The molecule has 2 aromatic carbocycles. The highest BCUT2D eigenvalue weighted by Gasteiger charge is 2.27. The van der Waals surface area contributed by atoms with E-state index in [0.717, 1.165) is 11.3 Å². The van der Waals surface area contributed by atoms with Gasteiger partial charge in [0.15, 0.2) is 5.96 Å². The Morgan fingerprint density at radius 1 is 1.07 bits per heavy atom. The van der Waals surface area contributed by atoms with Crippen LogP contribution in [0.1, 0.15) is 11.5 Å². The standard InChI is InChI=1S/C23H30N4O3/c1-24-23(25-12-15-30-20-10-6-3-7-11-20)26-18-21(19-8-4-2-5-9-19)22(28)27-13-16-29-17-14-27/h2-11,21H,12-18H2,1H3,(H2,24,25,26). The van der Waals surface area contributed by atoms with Crippen LogP contribution in [-0.4, -0.2) is 69.8 Å². The van der Waals surface area contributed by atoms with Crippen molar-refractivity contribution in [1.82, 2.24) is 15.5 Å².